The first-order valence-electron chi connectivity index (χ1n) is 4.65. The van der Waals surface area contributed by atoms with Crippen LogP contribution in [-0.4, -0.2) is 6.36 Å². The molecule has 2 N–H and O–H groups in total. The van der Waals surface area contributed by atoms with Crippen LogP contribution in [0, 0.1) is 0 Å². The maximum atomic E-state index is 12.2. The lowest BCUT2D eigenvalue weighted by Gasteiger charge is -2.12. The molecule has 0 atom stereocenters. The third-order valence-corrected chi connectivity index (χ3v) is 2.92. The van der Waals surface area contributed by atoms with Gasteiger partial charge >= 0.3 is 6.36 Å². The molecule has 1 heterocycles. The van der Waals surface area contributed by atoms with Crippen molar-refractivity contribution in [3.8, 4) is 16.2 Å². The van der Waals surface area contributed by atoms with Crippen LogP contribution in [0.5, 0.6) is 5.75 Å². The number of alkyl halides is 3. The van der Waals surface area contributed by atoms with E-state index in [0.717, 1.165) is 0 Å². The van der Waals surface area contributed by atoms with Crippen LogP contribution < -0.4 is 10.5 Å². The highest BCUT2D eigenvalue weighted by molar-refractivity contribution is 7.13. The number of hydrogen-bond donors (Lipinski definition) is 1. The van der Waals surface area contributed by atoms with E-state index >= 15 is 0 Å². The summed E-state index contributed by atoms with van der Waals surface area (Å²) in [6.45, 7) is 0. The van der Waals surface area contributed by atoms with Crippen molar-refractivity contribution in [1.82, 2.24) is 0 Å². The molecule has 1 aromatic carbocycles. The molecule has 0 bridgehead atoms. The number of rotatable bonds is 2. The van der Waals surface area contributed by atoms with Crippen molar-refractivity contribution < 1.29 is 17.9 Å². The van der Waals surface area contributed by atoms with E-state index in [0.29, 0.717) is 16.1 Å². The first kappa shape index (κ1) is 11.8. The molecule has 1 aromatic heterocycles. The van der Waals surface area contributed by atoms with Crippen molar-refractivity contribution >= 4 is 17.0 Å². The second-order valence-electron chi connectivity index (χ2n) is 3.28. The topological polar surface area (TPSA) is 35.2 Å². The van der Waals surface area contributed by atoms with Gasteiger partial charge in [0.2, 0.25) is 0 Å². The molecule has 0 radical (unpaired) electrons. The molecule has 0 aliphatic carbocycles. The fourth-order valence-electron chi connectivity index (χ4n) is 1.39. The SMILES string of the molecule is Nc1ccc(OC(F)(F)F)c(-c2cccs2)c1. The van der Waals surface area contributed by atoms with Gasteiger partial charge in [0.25, 0.3) is 0 Å². The second kappa shape index (κ2) is 4.29. The summed E-state index contributed by atoms with van der Waals surface area (Å²) in [5.41, 5.74) is 6.30. The van der Waals surface area contributed by atoms with Crippen molar-refractivity contribution in [2.45, 2.75) is 6.36 Å². The standard InChI is InChI=1S/C11H8F3NOS/c12-11(13,14)16-9-4-3-7(15)6-8(9)10-2-1-5-17-10/h1-6H,15H2. The summed E-state index contributed by atoms with van der Waals surface area (Å²) in [7, 11) is 0. The Kier molecular flexibility index (Phi) is 2.97. The Morgan fingerprint density at radius 3 is 2.53 bits per heavy atom. The molecule has 2 aromatic rings. The Morgan fingerprint density at radius 1 is 1.18 bits per heavy atom. The van der Waals surface area contributed by atoms with Gasteiger partial charge in [0, 0.05) is 16.1 Å². The molecule has 90 valence electrons. The number of hydrogen-bond acceptors (Lipinski definition) is 3. The number of ether oxygens (including phenoxy) is 1. The van der Waals surface area contributed by atoms with E-state index in [2.05, 4.69) is 4.74 Å². The highest BCUT2D eigenvalue weighted by atomic mass is 32.1. The van der Waals surface area contributed by atoms with Gasteiger partial charge in [-0.2, -0.15) is 0 Å². The van der Waals surface area contributed by atoms with Crippen LogP contribution in [0.1, 0.15) is 0 Å². The number of benzene rings is 1. The van der Waals surface area contributed by atoms with Crippen molar-refractivity contribution in [2.75, 3.05) is 5.73 Å². The van der Waals surface area contributed by atoms with Crippen LogP contribution in [0.2, 0.25) is 0 Å². The third-order valence-electron chi connectivity index (χ3n) is 2.02. The molecule has 0 fully saturated rings. The van der Waals surface area contributed by atoms with Crippen molar-refractivity contribution in [3.05, 3.63) is 35.7 Å². The molecule has 0 unspecified atom stereocenters. The highest BCUT2D eigenvalue weighted by Gasteiger charge is 2.32. The van der Waals surface area contributed by atoms with Gasteiger partial charge in [-0.25, -0.2) is 0 Å². The van der Waals surface area contributed by atoms with Crippen LogP contribution in [0.3, 0.4) is 0 Å². The zero-order valence-electron chi connectivity index (χ0n) is 8.49. The van der Waals surface area contributed by atoms with Crippen molar-refractivity contribution in [1.29, 1.82) is 0 Å². The van der Waals surface area contributed by atoms with Crippen LogP contribution in [0.25, 0.3) is 10.4 Å². The third kappa shape index (κ3) is 2.91. The summed E-state index contributed by atoms with van der Waals surface area (Å²) in [5.74, 6) is -0.242. The van der Waals surface area contributed by atoms with Gasteiger partial charge in [-0.3, -0.25) is 0 Å². The number of halogens is 3. The predicted octanol–water partition coefficient (Wildman–Crippen LogP) is 3.90. The average Bonchev–Trinajstić information content (AvgIpc) is 2.71. The minimum absolute atomic E-state index is 0.242. The minimum Gasteiger partial charge on any atom is -0.405 e. The maximum absolute atomic E-state index is 12.2. The summed E-state index contributed by atoms with van der Waals surface area (Å²) in [6.07, 6.45) is -4.71. The maximum Gasteiger partial charge on any atom is 0.573 e. The molecule has 6 heteroatoms. The van der Waals surface area contributed by atoms with E-state index in [9.17, 15) is 13.2 Å². The van der Waals surface area contributed by atoms with Gasteiger partial charge in [0.15, 0.2) is 0 Å². The molecule has 17 heavy (non-hydrogen) atoms. The first-order chi connectivity index (χ1) is 7.96. The predicted molar refractivity (Wildman–Crippen MR) is 60.9 cm³/mol. The number of thiophene rings is 1. The molecular formula is C11H8F3NOS. The average molecular weight is 259 g/mol. The van der Waals surface area contributed by atoms with Crippen LogP contribution in [0.4, 0.5) is 18.9 Å². The monoisotopic (exact) mass is 259 g/mol. The normalized spacial score (nSPS) is 11.5. The summed E-state index contributed by atoms with van der Waals surface area (Å²) in [5, 5.41) is 1.77. The molecule has 2 rings (SSSR count). The minimum atomic E-state index is -4.71. The van der Waals surface area contributed by atoms with Gasteiger partial charge in [-0.05, 0) is 29.6 Å². The smallest absolute Gasteiger partial charge is 0.405 e. The lowest BCUT2D eigenvalue weighted by molar-refractivity contribution is -0.274. The number of nitrogens with two attached hydrogens (primary N) is 1. The van der Waals surface area contributed by atoms with Gasteiger partial charge in [0.1, 0.15) is 5.75 Å². The lowest BCUT2D eigenvalue weighted by Crippen LogP contribution is -2.17. The fourth-order valence-corrected chi connectivity index (χ4v) is 2.13. The molecule has 0 spiro atoms. The molecule has 0 aliphatic heterocycles. The first-order valence-corrected chi connectivity index (χ1v) is 5.53. The second-order valence-corrected chi connectivity index (χ2v) is 4.23. The highest BCUT2D eigenvalue weighted by Crippen LogP contribution is 2.37. The largest absolute Gasteiger partial charge is 0.573 e. The molecule has 2 nitrogen and oxygen atoms in total. The molecule has 0 saturated carbocycles. The Balaban J connectivity index is 2.45. The number of anilines is 1. The van der Waals surface area contributed by atoms with Crippen LogP contribution in [-0.2, 0) is 0 Å². The van der Waals surface area contributed by atoms with Crippen molar-refractivity contribution in [2.24, 2.45) is 0 Å². The van der Waals surface area contributed by atoms with Gasteiger partial charge < -0.3 is 10.5 Å². The van der Waals surface area contributed by atoms with Gasteiger partial charge in [-0.1, -0.05) is 6.07 Å². The molecular weight excluding hydrogens is 251 g/mol. The summed E-state index contributed by atoms with van der Waals surface area (Å²) in [6, 6.07) is 7.52. The van der Waals surface area contributed by atoms with E-state index in [1.165, 1.54) is 29.5 Å². The quantitative estimate of drug-likeness (QED) is 0.830. The zero-order valence-corrected chi connectivity index (χ0v) is 9.31. The van der Waals surface area contributed by atoms with E-state index in [-0.39, 0.29) is 5.75 Å². The van der Waals surface area contributed by atoms with Gasteiger partial charge in [-0.15, -0.1) is 24.5 Å². The Hall–Kier alpha value is -1.69. The molecule has 0 aliphatic rings. The Bertz CT molecular complexity index is 508. The van der Waals surface area contributed by atoms with E-state index < -0.39 is 6.36 Å². The zero-order chi connectivity index (χ0) is 12.5. The Labute approximate surface area is 99.4 Å². The Morgan fingerprint density at radius 2 is 1.94 bits per heavy atom. The number of nitrogen functional groups attached to an aromatic ring is 1. The van der Waals surface area contributed by atoms with Crippen molar-refractivity contribution in [3.63, 3.8) is 0 Å². The summed E-state index contributed by atoms with van der Waals surface area (Å²) in [4.78, 5) is 0.677. The van der Waals surface area contributed by atoms with Gasteiger partial charge in [0.05, 0.1) is 0 Å². The lowest BCUT2D eigenvalue weighted by atomic mass is 10.1. The summed E-state index contributed by atoms with van der Waals surface area (Å²) >= 11 is 1.32. The van der Waals surface area contributed by atoms with E-state index in [1.54, 1.807) is 17.5 Å². The van der Waals surface area contributed by atoms with Crippen LogP contribution in [0.15, 0.2) is 35.7 Å². The fraction of sp³-hybridized carbons (Fsp3) is 0.0909. The summed E-state index contributed by atoms with van der Waals surface area (Å²) < 4.78 is 40.6. The molecule has 0 amide bonds. The van der Waals surface area contributed by atoms with E-state index in [1.807, 2.05) is 0 Å². The van der Waals surface area contributed by atoms with E-state index in [4.69, 9.17) is 5.73 Å². The van der Waals surface area contributed by atoms with Crippen LogP contribution >= 0.6 is 11.3 Å². The molecule has 0 saturated heterocycles.